The van der Waals surface area contributed by atoms with Gasteiger partial charge < -0.3 is 10.4 Å². The Labute approximate surface area is 135 Å². The van der Waals surface area contributed by atoms with E-state index >= 15 is 0 Å². The number of rotatable bonds is 7. The number of hydrogen-bond acceptors (Lipinski definition) is 4. The van der Waals surface area contributed by atoms with Gasteiger partial charge in [-0.3, -0.25) is 4.79 Å². The van der Waals surface area contributed by atoms with E-state index in [1.165, 1.54) is 16.9 Å². The number of hydrogen-bond donors (Lipinski definition) is 2. The van der Waals surface area contributed by atoms with Crippen molar-refractivity contribution in [3.8, 4) is 0 Å². The smallest absolute Gasteiger partial charge is 0.270 e. The zero-order valence-electron chi connectivity index (χ0n) is 13.0. The molecule has 2 aromatic rings. The van der Waals surface area contributed by atoms with Gasteiger partial charge >= 0.3 is 0 Å². The van der Waals surface area contributed by atoms with Crippen molar-refractivity contribution in [1.29, 1.82) is 0 Å². The molecule has 1 unspecified atom stereocenters. The predicted molar refractivity (Wildman–Crippen MR) is 89.2 cm³/mol. The molecule has 1 atom stereocenters. The van der Waals surface area contributed by atoms with E-state index < -0.39 is 0 Å². The minimum absolute atomic E-state index is 0.0308. The fourth-order valence-electron chi connectivity index (χ4n) is 2.22. The number of nitrogens with zero attached hydrogens (tertiary/aromatic N) is 1. The van der Waals surface area contributed by atoms with Gasteiger partial charge in [0.15, 0.2) is 0 Å². The van der Waals surface area contributed by atoms with Gasteiger partial charge in [-0.05, 0) is 17.9 Å². The third-order valence-electron chi connectivity index (χ3n) is 3.54. The summed E-state index contributed by atoms with van der Waals surface area (Å²) in [7, 11) is 0. The Bertz CT molecular complexity index is 596. The van der Waals surface area contributed by atoms with Crippen molar-refractivity contribution < 1.29 is 9.90 Å². The molecule has 0 bridgehead atoms. The maximum absolute atomic E-state index is 12.3. The van der Waals surface area contributed by atoms with Crippen LogP contribution in [0, 0.1) is 5.92 Å². The molecule has 1 aromatic carbocycles. The fraction of sp³-hybridized carbons (Fsp3) is 0.412. The standard InChI is InChI=1S/C17H22N2O2S/c1-12(2)14(8-9-20)19-17(21)15-11-22-16(18-15)10-13-6-4-3-5-7-13/h3-7,11-12,14,20H,8-10H2,1-2H3,(H,19,21). The highest BCUT2D eigenvalue weighted by Gasteiger charge is 2.18. The average molecular weight is 318 g/mol. The molecule has 1 heterocycles. The van der Waals surface area contributed by atoms with Crippen LogP contribution < -0.4 is 5.32 Å². The van der Waals surface area contributed by atoms with Gasteiger partial charge in [-0.1, -0.05) is 44.2 Å². The first-order valence-corrected chi connectivity index (χ1v) is 8.38. The topological polar surface area (TPSA) is 62.2 Å². The molecule has 0 aliphatic heterocycles. The second-order valence-corrected chi connectivity index (χ2v) is 6.57. The molecule has 2 rings (SSSR count). The van der Waals surface area contributed by atoms with E-state index in [-0.39, 0.29) is 24.5 Å². The Kier molecular flexibility index (Phi) is 6.10. The highest BCUT2D eigenvalue weighted by molar-refractivity contribution is 7.09. The van der Waals surface area contributed by atoms with Gasteiger partial charge in [0, 0.05) is 24.4 Å². The summed E-state index contributed by atoms with van der Waals surface area (Å²) in [5, 5.41) is 14.8. The van der Waals surface area contributed by atoms with Gasteiger partial charge in [0.2, 0.25) is 0 Å². The lowest BCUT2D eigenvalue weighted by molar-refractivity contribution is 0.0912. The summed E-state index contributed by atoms with van der Waals surface area (Å²) in [4.78, 5) is 16.7. The van der Waals surface area contributed by atoms with Gasteiger partial charge in [0.05, 0.1) is 5.01 Å². The summed E-state index contributed by atoms with van der Waals surface area (Å²) in [5.41, 5.74) is 1.64. The molecule has 0 saturated carbocycles. The molecule has 0 spiro atoms. The van der Waals surface area contributed by atoms with E-state index in [1.807, 2.05) is 32.0 Å². The second-order valence-electron chi connectivity index (χ2n) is 5.63. The summed E-state index contributed by atoms with van der Waals surface area (Å²) >= 11 is 1.50. The molecule has 5 heteroatoms. The SMILES string of the molecule is CC(C)C(CCO)NC(=O)c1csc(Cc2ccccc2)n1. The minimum Gasteiger partial charge on any atom is -0.396 e. The van der Waals surface area contributed by atoms with Crippen molar-refractivity contribution in [2.75, 3.05) is 6.61 Å². The van der Waals surface area contributed by atoms with Crippen LogP contribution >= 0.6 is 11.3 Å². The molecule has 118 valence electrons. The summed E-state index contributed by atoms with van der Waals surface area (Å²) < 4.78 is 0. The number of carbonyl (C=O) groups is 1. The zero-order chi connectivity index (χ0) is 15.9. The molecule has 0 saturated heterocycles. The molecule has 4 nitrogen and oxygen atoms in total. The van der Waals surface area contributed by atoms with Crippen LogP contribution in [0.3, 0.4) is 0 Å². The van der Waals surface area contributed by atoms with E-state index in [1.54, 1.807) is 5.38 Å². The number of amides is 1. The summed E-state index contributed by atoms with van der Waals surface area (Å²) in [5.74, 6) is 0.112. The van der Waals surface area contributed by atoms with E-state index in [0.717, 1.165) is 11.4 Å². The van der Waals surface area contributed by atoms with Gasteiger partial charge in [-0.15, -0.1) is 11.3 Å². The molecule has 1 amide bonds. The Balaban J connectivity index is 1.99. The van der Waals surface area contributed by atoms with Gasteiger partial charge in [0.1, 0.15) is 5.69 Å². The first kappa shape index (κ1) is 16.6. The van der Waals surface area contributed by atoms with Gasteiger partial charge in [0.25, 0.3) is 5.91 Å². The Morgan fingerprint density at radius 1 is 1.32 bits per heavy atom. The predicted octanol–water partition coefficient (Wildman–Crippen LogP) is 2.87. The van der Waals surface area contributed by atoms with Crippen molar-refractivity contribution in [2.24, 2.45) is 5.92 Å². The number of aliphatic hydroxyl groups excluding tert-OH is 1. The van der Waals surface area contributed by atoms with Crippen molar-refractivity contribution in [2.45, 2.75) is 32.7 Å². The van der Waals surface area contributed by atoms with Crippen molar-refractivity contribution in [3.05, 3.63) is 52.0 Å². The number of nitrogens with one attached hydrogen (secondary N) is 1. The van der Waals surface area contributed by atoms with E-state index in [0.29, 0.717) is 12.1 Å². The van der Waals surface area contributed by atoms with Crippen LogP contribution in [0.25, 0.3) is 0 Å². The van der Waals surface area contributed by atoms with Gasteiger partial charge in [-0.2, -0.15) is 0 Å². The number of aromatic nitrogens is 1. The van der Waals surface area contributed by atoms with E-state index in [9.17, 15) is 4.79 Å². The molecule has 1 aromatic heterocycles. The summed E-state index contributed by atoms with van der Waals surface area (Å²) in [6.45, 7) is 4.13. The van der Waals surface area contributed by atoms with Crippen molar-refractivity contribution in [1.82, 2.24) is 10.3 Å². The van der Waals surface area contributed by atoms with Crippen LogP contribution in [0.4, 0.5) is 0 Å². The molecule has 0 aliphatic carbocycles. The highest BCUT2D eigenvalue weighted by atomic mass is 32.1. The van der Waals surface area contributed by atoms with Crippen molar-refractivity contribution in [3.63, 3.8) is 0 Å². The largest absolute Gasteiger partial charge is 0.396 e. The number of carbonyl (C=O) groups excluding carboxylic acids is 1. The molecular weight excluding hydrogens is 296 g/mol. The van der Waals surface area contributed by atoms with E-state index in [4.69, 9.17) is 5.11 Å². The normalized spacial score (nSPS) is 12.4. The highest BCUT2D eigenvalue weighted by Crippen LogP contribution is 2.15. The second kappa shape index (κ2) is 8.06. The number of thiazole rings is 1. The summed E-state index contributed by atoms with van der Waals surface area (Å²) in [6, 6.07) is 10.1. The lowest BCUT2D eigenvalue weighted by atomic mass is 10.0. The molecular formula is C17H22N2O2S. The first-order chi connectivity index (χ1) is 10.6. The van der Waals surface area contributed by atoms with Crippen LogP contribution in [0.5, 0.6) is 0 Å². The first-order valence-electron chi connectivity index (χ1n) is 7.50. The van der Waals surface area contributed by atoms with Crippen LogP contribution in [-0.2, 0) is 6.42 Å². The third-order valence-corrected chi connectivity index (χ3v) is 4.39. The van der Waals surface area contributed by atoms with Crippen LogP contribution in [-0.4, -0.2) is 28.6 Å². The Morgan fingerprint density at radius 2 is 2.05 bits per heavy atom. The van der Waals surface area contributed by atoms with Crippen LogP contribution in [0.1, 0.15) is 41.3 Å². The fourth-order valence-corrected chi connectivity index (χ4v) is 3.03. The molecule has 0 aliphatic rings. The quantitative estimate of drug-likeness (QED) is 0.825. The maximum atomic E-state index is 12.3. The van der Waals surface area contributed by atoms with Crippen LogP contribution in [0.15, 0.2) is 35.7 Å². The minimum atomic E-state index is -0.164. The third kappa shape index (κ3) is 4.64. The van der Waals surface area contributed by atoms with Gasteiger partial charge in [-0.25, -0.2) is 4.98 Å². The Hall–Kier alpha value is -1.72. The maximum Gasteiger partial charge on any atom is 0.270 e. The molecule has 0 fully saturated rings. The van der Waals surface area contributed by atoms with Crippen molar-refractivity contribution >= 4 is 17.2 Å². The number of aliphatic hydroxyl groups is 1. The lowest BCUT2D eigenvalue weighted by Gasteiger charge is -2.20. The lowest BCUT2D eigenvalue weighted by Crippen LogP contribution is -2.39. The van der Waals surface area contributed by atoms with Crippen LogP contribution in [0.2, 0.25) is 0 Å². The number of benzene rings is 1. The molecule has 2 N–H and O–H groups in total. The average Bonchev–Trinajstić information content (AvgIpc) is 2.96. The summed E-state index contributed by atoms with van der Waals surface area (Å²) in [6.07, 6.45) is 1.30. The molecule has 22 heavy (non-hydrogen) atoms. The van der Waals surface area contributed by atoms with E-state index in [2.05, 4.69) is 22.4 Å². The zero-order valence-corrected chi connectivity index (χ0v) is 13.8. The monoisotopic (exact) mass is 318 g/mol. The Morgan fingerprint density at radius 3 is 2.68 bits per heavy atom. The molecule has 0 radical (unpaired) electrons.